The largest absolute Gasteiger partial charge is 0.481 e. The molecule has 0 saturated carbocycles. The maximum Gasteiger partial charge on any atom is 0.308 e. The summed E-state index contributed by atoms with van der Waals surface area (Å²) in [5.74, 6) is -0.201. The number of aliphatic carboxylic acids is 1. The van der Waals surface area contributed by atoms with Crippen molar-refractivity contribution in [3.63, 3.8) is 0 Å². The van der Waals surface area contributed by atoms with Crippen molar-refractivity contribution in [3.8, 4) is 11.1 Å². The molecule has 1 fully saturated rings. The van der Waals surface area contributed by atoms with E-state index in [9.17, 15) is 9.90 Å². The van der Waals surface area contributed by atoms with E-state index in [0.717, 1.165) is 46.5 Å². The topological polar surface area (TPSA) is 66.3 Å². The highest BCUT2D eigenvalue weighted by Crippen LogP contribution is 2.39. The first-order chi connectivity index (χ1) is 12.5. The number of thiophene rings is 1. The second kappa shape index (κ2) is 6.68. The summed E-state index contributed by atoms with van der Waals surface area (Å²) >= 11 is 1.61. The third-order valence-electron chi connectivity index (χ3n) is 5.24. The zero-order valence-electron chi connectivity index (χ0n) is 14.9. The summed E-state index contributed by atoms with van der Waals surface area (Å²) < 4.78 is 0. The number of fused-ring (bicyclic) bond motifs is 1. The molecule has 0 bridgehead atoms. The van der Waals surface area contributed by atoms with Gasteiger partial charge in [-0.1, -0.05) is 18.2 Å². The molecule has 3 aromatic rings. The number of benzene rings is 1. The molecular weight excluding hydrogens is 346 g/mol. The molecule has 1 saturated heterocycles. The highest BCUT2D eigenvalue weighted by Gasteiger charge is 2.28. The van der Waals surface area contributed by atoms with Crippen LogP contribution in [0.1, 0.15) is 24.0 Å². The van der Waals surface area contributed by atoms with E-state index < -0.39 is 5.97 Å². The van der Waals surface area contributed by atoms with E-state index in [4.69, 9.17) is 0 Å². The number of aromatic nitrogens is 2. The molecule has 6 heteroatoms. The molecule has 2 aromatic heterocycles. The Morgan fingerprint density at radius 3 is 2.88 bits per heavy atom. The maximum absolute atomic E-state index is 11.4. The van der Waals surface area contributed by atoms with Crippen molar-refractivity contribution in [3.05, 3.63) is 41.0 Å². The lowest BCUT2D eigenvalue weighted by Crippen LogP contribution is -2.39. The molecule has 1 aromatic carbocycles. The van der Waals surface area contributed by atoms with Gasteiger partial charge < -0.3 is 10.0 Å². The van der Waals surface area contributed by atoms with Gasteiger partial charge in [0.2, 0.25) is 0 Å². The van der Waals surface area contributed by atoms with Gasteiger partial charge in [-0.2, -0.15) is 0 Å². The number of nitrogens with zero attached hydrogens (tertiary/aromatic N) is 3. The summed E-state index contributed by atoms with van der Waals surface area (Å²) in [6.07, 6.45) is 3.18. The predicted octanol–water partition coefficient (Wildman–Crippen LogP) is 4.28. The molecule has 26 heavy (non-hydrogen) atoms. The van der Waals surface area contributed by atoms with E-state index in [-0.39, 0.29) is 5.92 Å². The van der Waals surface area contributed by atoms with E-state index >= 15 is 0 Å². The first kappa shape index (κ1) is 17.0. The molecule has 134 valence electrons. The number of anilines is 1. The van der Waals surface area contributed by atoms with Crippen LogP contribution in [0.15, 0.2) is 29.9 Å². The van der Waals surface area contributed by atoms with Crippen LogP contribution in [0.5, 0.6) is 0 Å². The van der Waals surface area contributed by atoms with Gasteiger partial charge in [0.25, 0.3) is 0 Å². The summed E-state index contributed by atoms with van der Waals surface area (Å²) in [4.78, 5) is 23.5. The molecule has 4 rings (SSSR count). The lowest BCUT2D eigenvalue weighted by atomic mass is 9.97. The lowest BCUT2D eigenvalue weighted by Gasteiger charge is -2.32. The summed E-state index contributed by atoms with van der Waals surface area (Å²) in [7, 11) is 0. The monoisotopic (exact) mass is 367 g/mol. The van der Waals surface area contributed by atoms with Crippen molar-refractivity contribution < 1.29 is 9.90 Å². The Kier molecular flexibility index (Phi) is 4.36. The fourth-order valence-electron chi connectivity index (χ4n) is 3.59. The number of aryl methyl sites for hydroxylation is 2. The Morgan fingerprint density at radius 1 is 1.27 bits per heavy atom. The number of carbonyl (C=O) groups is 1. The van der Waals surface area contributed by atoms with Gasteiger partial charge in [-0.05, 0) is 43.4 Å². The quantitative estimate of drug-likeness (QED) is 0.748. The van der Waals surface area contributed by atoms with Gasteiger partial charge in [0.15, 0.2) is 0 Å². The van der Waals surface area contributed by atoms with Crippen LogP contribution in [0.25, 0.3) is 21.3 Å². The molecule has 5 nitrogen and oxygen atoms in total. The second-order valence-electron chi connectivity index (χ2n) is 6.95. The molecular formula is C20H21N3O2S. The molecule has 1 unspecified atom stereocenters. The van der Waals surface area contributed by atoms with E-state index in [2.05, 4.69) is 52.3 Å². The third-order valence-corrected chi connectivity index (χ3v) is 6.12. The third kappa shape index (κ3) is 2.94. The van der Waals surface area contributed by atoms with Crippen LogP contribution < -0.4 is 4.90 Å². The van der Waals surface area contributed by atoms with Gasteiger partial charge in [0, 0.05) is 24.0 Å². The Hall–Kier alpha value is -2.47. The number of piperidine rings is 1. The summed E-state index contributed by atoms with van der Waals surface area (Å²) in [5, 5.41) is 12.6. The van der Waals surface area contributed by atoms with Crippen LogP contribution in [0.3, 0.4) is 0 Å². The number of carboxylic acids is 1. The Bertz CT molecular complexity index is 982. The van der Waals surface area contributed by atoms with Gasteiger partial charge in [-0.3, -0.25) is 4.79 Å². The number of carboxylic acid groups (broad SMARTS) is 1. The minimum atomic E-state index is -0.722. The fraction of sp³-hybridized carbons (Fsp3) is 0.350. The second-order valence-corrected chi connectivity index (χ2v) is 7.81. The minimum absolute atomic E-state index is 0.336. The zero-order valence-corrected chi connectivity index (χ0v) is 15.7. The molecule has 0 amide bonds. The van der Waals surface area contributed by atoms with Gasteiger partial charge >= 0.3 is 5.97 Å². The van der Waals surface area contributed by atoms with Crippen molar-refractivity contribution in [1.29, 1.82) is 0 Å². The molecule has 0 aliphatic carbocycles. The van der Waals surface area contributed by atoms with Gasteiger partial charge in [-0.25, -0.2) is 9.97 Å². The molecule has 1 aliphatic rings. The van der Waals surface area contributed by atoms with Crippen LogP contribution >= 0.6 is 11.3 Å². The van der Waals surface area contributed by atoms with Crippen molar-refractivity contribution in [2.45, 2.75) is 26.7 Å². The normalized spacial score (nSPS) is 17.6. The van der Waals surface area contributed by atoms with Crippen LogP contribution in [0.4, 0.5) is 5.82 Å². The Labute approximate surface area is 156 Å². The van der Waals surface area contributed by atoms with Crippen LogP contribution in [-0.4, -0.2) is 34.1 Å². The maximum atomic E-state index is 11.4. The van der Waals surface area contributed by atoms with Crippen molar-refractivity contribution in [2.75, 3.05) is 18.0 Å². The van der Waals surface area contributed by atoms with E-state index in [0.29, 0.717) is 6.54 Å². The van der Waals surface area contributed by atoms with Crippen molar-refractivity contribution in [2.24, 2.45) is 5.92 Å². The molecule has 1 N–H and O–H groups in total. The Morgan fingerprint density at radius 2 is 2.12 bits per heavy atom. The average molecular weight is 367 g/mol. The van der Waals surface area contributed by atoms with Gasteiger partial charge in [-0.15, -0.1) is 11.3 Å². The first-order valence-corrected chi connectivity index (χ1v) is 9.70. The van der Waals surface area contributed by atoms with E-state index in [1.165, 1.54) is 11.1 Å². The molecule has 3 heterocycles. The smallest absolute Gasteiger partial charge is 0.308 e. The molecule has 0 spiro atoms. The summed E-state index contributed by atoms with van der Waals surface area (Å²) in [6, 6.07) is 6.47. The molecule has 0 radical (unpaired) electrons. The first-order valence-electron chi connectivity index (χ1n) is 8.82. The van der Waals surface area contributed by atoms with Crippen molar-refractivity contribution in [1.82, 2.24) is 9.97 Å². The van der Waals surface area contributed by atoms with Gasteiger partial charge in [0.05, 0.1) is 11.3 Å². The minimum Gasteiger partial charge on any atom is -0.481 e. The SMILES string of the molecule is Cc1ccc(-c2csc3ncnc(N4CCCC(C(=O)O)C4)c23)cc1C. The highest BCUT2D eigenvalue weighted by molar-refractivity contribution is 7.17. The van der Waals surface area contributed by atoms with Gasteiger partial charge in [0.1, 0.15) is 17.0 Å². The van der Waals surface area contributed by atoms with E-state index in [1.54, 1.807) is 17.7 Å². The number of hydrogen-bond donors (Lipinski definition) is 1. The van der Waals surface area contributed by atoms with E-state index in [1.807, 2.05) is 0 Å². The zero-order chi connectivity index (χ0) is 18.3. The van der Waals surface area contributed by atoms with Crippen LogP contribution in [0, 0.1) is 19.8 Å². The Balaban J connectivity index is 1.82. The number of rotatable bonds is 3. The van der Waals surface area contributed by atoms with Crippen LogP contribution in [0.2, 0.25) is 0 Å². The number of hydrogen-bond acceptors (Lipinski definition) is 5. The predicted molar refractivity (Wildman–Crippen MR) is 105 cm³/mol. The van der Waals surface area contributed by atoms with Crippen LogP contribution in [-0.2, 0) is 4.79 Å². The van der Waals surface area contributed by atoms with Crippen molar-refractivity contribution >= 4 is 33.3 Å². The average Bonchev–Trinajstić information content (AvgIpc) is 3.08. The molecule has 1 aliphatic heterocycles. The highest BCUT2D eigenvalue weighted by atomic mass is 32.1. The lowest BCUT2D eigenvalue weighted by molar-refractivity contribution is -0.141. The summed E-state index contributed by atoms with van der Waals surface area (Å²) in [6.45, 7) is 5.56. The molecule has 1 atom stereocenters. The summed E-state index contributed by atoms with van der Waals surface area (Å²) in [5.41, 5.74) is 4.80. The standard InChI is InChI=1S/C20H21N3O2S/c1-12-5-6-14(8-13(12)2)16-10-26-19-17(16)18(21-11-22-19)23-7-3-4-15(9-23)20(24)25/h5-6,8,10-11,15H,3-4,7,9H2,1-2H3,(H,24,25). The fourth-order valence-corrected chi connectivity index (χ4v) is 4.50.